The molecule has 0 aliphatic carbocycles. The topological polar surface area (TPSA) is 0 Å². The van der Waals surface area contributed by atoms with Crippen LogP contribution in [-0.2, 0) is 0 Å². The van der Waals surface area contributed by atoms with Gasteiger partial charge in [-0.2, -0.15) is 0 Å². The molecule has 1 aromatic rings. The maximum Gasteiger partial charge on any atom is 0.0268 e. The van der Waals surface area contributed by atoms with E-state index in [9.17, 15) is 0 Å². The fraction of sp³-hybridized carbons (Fsp3) is 0.300. The molecule has 0 atom stereocenters. The average molecular weight is 164 g/mol. The van der Waals surface area contributed by atoms with Gasteiger partial charge in [-0.05, 0) is 18.6 Å². The molecule has 0 aliphatic rings. The van der Waals surface area contributed by atoms with Crippen molar-refractivity contribution in [2.24, 2.45) is 0 Å². The monoisotopic (exact) mass is 164 g/mol. The molecule has 0 spiro atoms. The molecule has 0 fully saturated rings. The lowest BCUT2D eigenvalue weighted by Crippen LogP contribution is -1.69. The molecular formula is C10H12S. The van der Waals surface area contributed by atoms with Gasteiger partial charge in [0.05, 0.1) is 0 Å². The Hall–Kier alpha value is -0.780. The van der Waals surface area contributed by atoms with Gasteiger partial charge in [0.25, 0.3) is 0 Å². The van der Waals surface area contributed by atoms with E-state index in [2.05, 4.69) is 24.2 Å². The van der Waals surface area contributed by atoms with Crippen LogP contribution >= 0.6 is 11.2 Å². The summed E-state index contributed by atoms with van der Waals surface area (Å²) >= 11 is 1.76. The summed E-state index contributed by atoms with van der Waals surface area (Å²) in [6, 6.07) is 10.2. The van der Waals surface area contributed by atoms with Gasteiger partial charge in [-0.25, -0.2) is 0 Å². The zero-order valence-electron chi connectivity index (χ0n) is 6.71. The molecule has 0 aromatic heterocycles. The highest BCUT2D eigenvalue weighted by atomic mass is 32.1. The lowest BCUT2D eigenvalue weighted by atomic mass is 10.2. The van der Waals surface area contributed by atoms with Crippen LogP contribution in [0.3, 0.4) is 0 Å². The molecule has 0 unspecified atom stereocenters. The van der Waals surface area contributed by atoms with Crippen molar-refractivity contribution in [1.82, 2.24) is 0 Å². The Labute approximate surface area is 71.9 Å². The molecule has 58 valence electrons. The molecule has 0 N–H and O–H groups in total. The molecule has 0 amide bonds. The van der Waals surface area contributed by atoms with Crippen molar-refractivity contribution in [3.05, 3.63) is 35.9 Å². The molecule has 0 nitrogen and oxygen atoms in total. The van der Waals surface area contributed by atoms with Crippen molar-refractivity contribution in [1.29, 1.82) is 0 Å². The molecule has 1 heteroatoms. The van der Waals surface area contributed by atoms with Crippen LogP contribution in [0.15, 0.2) is 30.3 Å². The fourth-order valence-corrected chi connectivity index (χ4v) is 1.35. The van der Waals surface area contributed by atoms with E-state index in [1.807, 2.05) is 18.2 Å². The summed E-state index contributed by atoms with van der Waals surface area (Å²) in [5.41, 5.74) is 1.19. The Morgan fingerprint density at radius 1 is 1.27 bits per heavy atom. The molecule has 0 saturated carbocycles. The zero-order chi connectivity index (χ0) is 7.94. The van der Waals surface area contributed by atoms with Gasteiger partial charge < -0.3 is 0 Å². The van der Waals surface area contributed by atoms with Crippen molar-refractivity contribution in [3.8, 4) is 5.18 Å². The van der Waals surface area contributed by atoms with Crippen molar-refractivity contribution in [2.45, 2.75) is 13.3 Å². The highest BCUT2D eigenvalue weighted by Crippen LogP contribution is 1.97. The third kappa shape index (κ3) is 3.22. The second-order valence-electron chi connectivity index (χ2n) is 2.32. The highest BCUT2D eigenvalue weighted by molar-refractivity contribution is 7.88. The molecular weight excluding hydrogens is 152 g/mol. The molecule has 0 saturated heterocycles. The van der Waals surface area contributed by atoms with Gasteiger partial charge in [-0.1, -0.05) is 30.3 Å². The summed E-state index contributed by atoms with van der Waals surface area (Å²) < 4.78 is 0. The van der Waals surface area contributed by atoms with Crippen LogP contribution in [0.25, 0.3) is 0 Å². The van der Waals surface area contributed by atoms with Crippen LogP contribution in [0, 0.1) is 5.18 Å². The first kappa shape index (κ1) is 8.32. The van der Waals surface area contributed by atoms with Gasteiger partial charge in [0.1, 0.15) is 0 Å². The summed E-state index contributed by atoms with van der Waals surface area (Å²) in [4.78, 5) is 0. The molecule has 0 radical (unpaired) electrons. The van der Waals surface area contributed by atoms with Crippen molar-refractivity contribution in [3.63, 3.8) is 0 Å². The molecule has 0 heterocycles. The predicted molar refractivity (Wildman–Crippen MR) is 52.2 cm³/mol. The van der Waals surface area contributed by atoms with Gasteiger partial charge in [-0.3, -0.25) is 0 Å². The lowest BCUT2D eigenvalue weighted by Gasteiger charge is -1.85. The summed E-state index contributed by atoms with van der Waals surface area (Å²) in [6.45, 7) is 2.18. The first-order chi connectivity index (χ1) is 5.43. The highest BCUT2D eigenvalue weighted by Gasteiger charge is 1.79. The van der Waals surface area contributed by atoms with Crippen LogP contribution in [-0.4, -0.2) is 5.75 Å². The van der Waals surface area contributed by atoms with E-state index >= 15 is 0 Å². The summed E-state index contributed by atoms with van der Waals surface area (Å²) in [5.74, 6) is 1.16. The van der Waals surface area contributed by atoms with E-state index < -0.39 is 0 Å². The van der Waals surface area contributed by atoms with Crippen LogP contribution < -0.4 is 0 Å². The maximum atomic E-state index is 3.26. The Kier molecular flexibility index (Phi) is 3.74. The second kappa shape index (κ2) is 4.95. The van der Waals surface area contributed by atoms with Crippen LogP contribution in [0.4, 0.5) is 0 Å². The third-order valence-corrected chi connectivity index (χ3v) is 2.26. The summed E-state index contributed by atoms with van der Waals surface area (Å²) in [7, 11) is 0. The van der Waals surface area contributed by atoms with Crippen LogP contribution in [0.5, 0.6) is 0 Å². The average Bonchev–Trinajstić information content (AvgIpc) is 2.07. The maximum absolute atomic E-state index is 3.26. The number of hydrogen-bond donors (Lipinski definition) is 0. The minimum Gasteiger partial charge on any atom is -0.129 e. The minimum atomic E-state index is 1.16. The molecule has 1 aromatic carbocycles. The van der Waals surface area contributed by atoms with Gasteiger partial charge in [0.2, 0.25) is 0 Å². The van der Waals surface area contributed by atoms with Crippen molar-refractivity contribution in [2.75, 3.05) is 5.75 Å². The Morgan fingerprint density at radius 2 is 2.00 bits per heavy atom. The van der Waals surface area contributed by atoms with Gasteiger partial charge in [0.15, 0.2) is 0 Å². The molecule has 1 rings (SSSR count). The molecule has 0 aliphatic heterocycles. The predicted octanol–water partition coefficient (Wildman–Crippen LogP) is 3.14. The Bertz CT molecular complexity index is 253. The van der Waals surface area contributed by atoms with Gasteiger partial charge >= 0.3 is 0 Å². The largest absolute Gasteiger partial charge is 0.129 e. The first-order valence-electron chi connectivity index (χ1n) is 3.86. The Morgan fingerprint density at radius 3 is 2.64 bits per heavy atom. The van der Waals surface area contributed by atoms with Crippen molar-refractivity contribution >= 4 is 11.2 Å². The van der Waals surface area contributed by atoms with Crippen LogP contribution in [0.2, 0.25) is 0 Å². The van der Waals surface area contributed by atoms with Crippen LogP contribution in [0.1, 0.15) is 18.9 Å². The first-order valence-corrected chi connectivity index (χ1v) is 4.85. The van der Waals surface area contributed by atoms with E-state index in [1.165, 1.54) is 12.0 Å². The smallest absolute Gasteiger partial charge is 0.0268 e. The minimum absolute atomic E-state index is 1.16. The number of rotatable bonds is 1. The molecule has 0 bridgehead atoms. The van der Waals surface area contributed by atoms with E-state index in [0.29, 0.717) is 0 Å². The summed E-state index contributed by atoms with van der Waals surface area (Å²) in [6.07, 6.45) is 1.21. The Balaban J connectivity index is 2.59. The second-order valence-corrected chi connectivity index (χ2v) is 3.22. The third-order valence-electron chi connectivity index (χ3n) is 1.27. The van der Waals surface area contributed by atoms with E-state index in [0.717, 1.165) is 5.75 Å². The standard InChI is InChI=1S/C10H12S/c1-2-8-11-9-10-6-4-3-5-7-10/h3-7H,2,8H2,1H3. The van der Waals surface area contributed by atoms with Crippen molar-refractivity contribution < 1.29 is 0 Å². The van der Waals surface area contributed by atoms with E-state index in [-0.39, 0.29) is 0 Å². The van der Waals surface area contributed by atoms with Gasteiger partial charge in [0, 0.05) is 11.3 Å². The van der Waals surface area contributed by atoms with E-state index in [4.69, 9.17) is 0 Å². The zero-order valence-corrected chi connectivity index (χ0v) is 7.53. The van der Waals surface area contributed by atoms with E-state index in [1.54, 1.807) is 11.2 Å². The summed E-state index contributed by atoms with van der Waals surface area (Å²) in [5, 5.41) is 3.26. The normalized spacial score (nSPS) is 8.82. The fourth-order valence-electron chi connectivity index (χ4n) is 0.743. The quantitative estimate of drug-likeness (QED) is 0.598. The lowest BCUT2D eigenvalue weighted by molar-refractivity contribution is 1.11. The van der Waals surface area contributed by atoms with Gasteiger partial charge in [-0.15, -0.1) is 11.2 Å². The number of benzene rings is 1. The number of hydrogen-bond acceptors (Lipinski definition) is 0. The SMILES string of the molecule is CCCS#Cc1ccccc1. The molecule has 11 heavy (non-hydrogen) atoms.